The summed E-state index contributed by atoms with van der Waals surface area (Å²) in [6, 6.07) is 18.8. The highest BCUT2D eigenvalue weighted by Gasteiger charge is 2.29. The largest absolute Gasteiger partial charge is 0.322 e. The maximum atomic E-state index is 13.0. The number of nitrogens with zero attached hydrogens (tertiary/aromatic N) is 4. The van der Waals surface area contributed by atoms with Gasteiger partial charge in [-0.15, -0.1) is 0 Å². The van der Waals surface area contributed by atoms with Crippen molar-refractivity contribution in [3.05, 3.63) is 90.0 Å². The molecule has 0 saturated heterocycles. The molecule has 1 fully saturated rings. The third kappa shape index (κ3) is 5.83. The molecule has 8 nitrogen and oxygen atoms in total. The fraction of sp³-hybridized carbons (Fsp3) is 0.226. The first kappa shape index (κ1) is 25.7. The first-order valence-electron chi connectivity index (χ1n) is 12.8. The monoisotopic (exact) mass is 516 g/mol. The van der Waals surface area contributed by atoms with Gasteiger partial charge in [-0.3, -0.25) is 19.6 Å². The summed E-state index contributed by atoms with van der Waals surface area (Å²) in [5.74, 6) is 0.329. The van der Waals surface area contributed by atoms with Crippen LogP contribution in [0.3, 0.4) is 0 Å². The number of carbonyl (C=O) groups is 2. The summed E-state index contributed by atoms with van der Waals surface area (Å²) in [7, 11) is 0. The van der Waals surface area contributed by atoms with Gasteiger partial charge in [0.05, 0.1) is 22.9 Å². The molecule has 0 atom stereocenters. The van der Waals surface area contributed by atoms with Crippen LogP contribution in [0.15, 0.2) is 73.2 Å². The summed E-state index contributed by atoms with van der Waals surface area (Å²) in [6.07, 6.45) is 6.81. The topological polar surface area (TPSA) is 121 Å². The lowest BCUT2D eigenvalue weighted by Crippen LogP contribution is -2.18. The van der Waals surface area contributed by atoms with E-state index in [0.29, 0.717) is 22.8 Å². The Morgan fingerprint density at radius 1 is 0.897 bits per heavy atom. The zero-order valence-corrected chi connectivity index (χ0v) is 22.0. The average molecular weight is 517 g/mol. The highest BCUT2D eigenvalue weighted by Crippen LogP contribution is 2.32. The van der Waals surface area contributed by atoms with Crippen LogP contribution >= 0.6 is 0 Å². The number of benzene rings is 1. The summed E-state index contributed by atoms with van der Waals surface area (Å²) in [4.78, 5) is 38.3. The molecule has 0 radical (unpaired) electrons. The molecule has 194 valence electrons. The quantitative estimate of drug-likeness (QED) is 0.315. The predicted molar refractivity (Wildman–Crippen MR) is 150 cm³/mol. The predicted octanol–water partition coefficient (Wildman–Crippen LogP) is 5.92. The Bertz CT molecular complexity index is 1620. The molecule has 3 aromatic heterocycles. The normalized spacial score (nSPS) is 12.9. The minimum absolute atomic E-state index is 0.00705. The third-order valence-electron chi connectivity index (χ3n) is 6.76. The van der Waals surface area contributed by atoms with Crippen LogP contribution < -0.4 is 10.6 Å². The molecule has 4 aromatic rings. The highest BCUT2D eigenvalue weighted by molar-refractivity contribution is 6.04. The van der Waals surface area contributed by atoms with Gasteiger partial charge < -0.3 is 10.6 Å². The Kier molecular flexibility index (Phi) is 6.90. The van der Waals surface area contributed by atoms with Gasteiger partial charge in [0.1, 0.15) is 5.82 Å². The molecule has 0 unspecified atom stereocenters. The van der Waals surface area contributed by atoms with E-state index >= 15 is 0 Å². The lowest BCUT2D eigenvalue weighted by Gasteiger charge is -2.15. The number of aryl methyl sites for hydroxylation is 1. The van der Waals surface area contributed by atoms with Crippen LogP contribution in [0.25, 0.3) is 22.4 Å². The van der Waals surface area contributed by atoms with E-state index in [2.05, 4.69) is 31.7 Å². The maximum Gasteiger partial charge on any atom is 0.255 e. The van der Waals surface area contributed by atoms with Crippen molar-refractivity contribution in [3.8, 4) is 28.5 Å². The van der Waals surface area contributed by atoms with E-state index in [1.165, 1.54) is 0 Å². The number of hydrogen-bond donors (Lipinski definition) is 2. The molecule has 0 bridgehead atoms. The lowest BCUT2D eigenvalue weighted by atomic mass is 9.90. The SMILES string of the molecule is Cc1ccc(NC(=O)c2ccnc(C(C)(C)C#N)c2)cc1-c1ccnc(-c2ccnc(NC(=O)C3CC3)c2)c1. The van der Waals surface area contributed by atoms with Crippen LogP contribution in [0.4, 0.5) is 11.5 Å². The van der Waals surface area contributed by atoms with Crippen molar-refractivity contribution in [2.24, 2.45) is 5.92 Å². The van der Waals surface area contributed by atoms with Crippen LogP contribution in [0.2, 0.25) is 0 Å². The Balaban J connectivity index is 1.38. The summed E-state index contributed by atoms with van der Waals surface area (Å²) in [5, 5.41) is 15.3. The highest BCUT2D eigenvalue weighted by atomic mass is 16.2. The van der Waals surface area contributed by atoms with Gasteiger partial charge >= 0.3 is 0 Å². The minimum Gasteiger partial charge on any atom is -0.322 e. The first-order chi connectivity index (χ1) is 18.7. The van der Waals surface area contributed by atoms with E-state index in [1.54, 1.807) is 44.6 Å². The lowest BCUT2D eigenvalue weighted by molar-refractivity contribution is -0.117. The van der Waals surface area contributed by atoms with Crippen molar-refractivity contribution in [3.63, 3.8) is 0 Å². The zero-order chi connectivity index (χ0) is 27.6. The molecule has 8 heteroatoms. The Morgan fingerprint density at radius 2 is 1.64 bits per heavy atom. The number of pyridine rings is 3. The first-order valence-corrected chi connectivity index (χ1v) is 12.8. The van der Waals surface area contributed by atoms with Crippen LogP contribution in [-0.2, 0) is 10.2 Å². The molecule has 0 aliphatic heterocycles. The Hall–Kier alpha value is -4.90. The van der Waals surface area contributed by atoms with Gasteiger partial charge in [0.25, 0.3) is 5.91 Å². The van der Waals surface area contributed by atoms with E-state index in [0.717, 1.165) is 40.8 Å². The molecule has 1 aromatic carbocycles. The van der Waals surface area contributed by atoms with E-state index in [-0.39, 0.29) is 17.7 Å². The number of hydrogen-bond acceptors (Lipinski definition) is 6. The molecule has 3 heterocycles. The molecular weight excluding hydrogens is 488 g/mol. The molecule has 1 aliphatic rings. The molecule has 0 spiro atoms. The fourth-order valence-corrected chi connectivity index (χ4v) is 4.17. The van der Waals surface area contributed by atoms with Gasteiger partial charge in [-0.2, -0.15) is 5.26 Å². The molecular formula is C31H28N6O2. The molecule has 5 rings (SSSR count). The van der Waals surface area contributed by atoms with Crippen molar-refractivity contribution in [2.45, 2.75) is 39.0 Å². The number of nitrogens with one attached hydrogen (secondary N) is 2. The van der Waals surface area contributed by atoms with Crippen molar-refractivity contribution in [1.82, 2.24) is 15.0 Å². The van der Waals surface area contributed by atoms with E-state index in [4.69, 9.17) is 0 Å². The van der Waals surface area contributed by atoms with Crippen molar-refractivity contribution in [1.29, 1.82) is 5.26 Å². The van der Waals surface area contributed by atoms with Crippen LogP contribution in [0.1, 0.15) is 48.3 Å². The maximum absolute atomic E-state index is 13.0. The number of anilines is 2. The molecule has 2 N–H and O–H groups in total. The van der Waals surface area contributed by atoms with Crippen molar-refractivity contribution < 1.29 is 9.59 Å². The van der Waals surface area contributed by atoms with Gasteiger partial charge in [-0.05, 0) is 98.8 Å². The number of amides is 2. The van der Waals surface area contributed by atoms with Gasteiger partial charge in [0.2, 0.25) is 5.91 Å². The summed E-state index contributed by atoms with van der Waals surface area (Å²) in [6.45, 7) is 5.55. The second kappa shape index (κ2) is 10.5. The minimum atomic E-state index is -0.801. The number of carbonyl (C=O) groups excluding carboxylic acids is 2. The molecule has 1 saturated carbocycles. The van der Waals surface area contributed by atoms with Crippen LogP contribution in [0, 0.1) is 24.2 Å². The Morgan fingerprint density at radius 3 is 2.41 bits per heavy atom. The summed E-state index contributed by atoms with van der Waals surface area (Å²) >= 11 is 0. The standard InChI is InChI=1S/C31H28N6O2/c1-19-4-7-24(36-30(39)23-10-12-34-27(15-23)31(2,3)18-32)17-25(19)21-8-11-33-26(14-21)22-9-13-35-28(16-22)37-29(38)20-5-6-20/h4,7-17,20H,5-6H2,1-3H3,(H,36,39)(H,35,37,38). The average Bonchev–Trinajstić information content (AvgIpc) is 3.80. The molecule has 1 aliphatic carbocycles. The van der Waals surface area contributed by atoms with E-state index < -0.39 is 5.41 Å². The second-order valence-electron chi connectivity index (χ2n) is 10.3. The van der Waals surface area contributed by atoms with Gasteiger partial charge in [-0.1, -0.05) is 6.07 Å². The van der Waals surface area contributed by atoms with Gasteiger partial charge in [-0.25, -0.2) is 4.98 Å². The van der Waals surface area contributed by atoms with Gasteiger partial charge in [0, 0.05) is 41.3 Å². The third-order valence-corrected chi connectivity index (χ3v) is 6.76. The van der Waals surface area contributed by atoms with Gasteiger partial charge in [0.15, 0.2) is 0 Å². The number of aromatic nitrogens is 3. The van der Waals surface area contributed by atoms with E-state index in [9.17, 15) is 14.9 Å². The Labute approximate surface area is 227 Å². The van der Waals surface area contributed by atoms with E-state index in [1.807, 2.05) is 49.4 Å². The zero-order valence-electron chi connectivity index (χ0n) is 22.0. The summed E-state index contributed by atoms with van der Waals surface area (Å²) in [5.41, 5.74) is 5.33. The fourth-order valence-electron chi connectivity index (χ4n) is 4.17. The number of nitriles is 1. The molecule has 39 heavy (non-hydrogen) atoms. The van der Waals surface area contributed by atoms with Crippen LogP contribution in [0.5, 0.6) is 0 Å². The van der Waals surface area contributed by atoms with Crippen molar-refractivity contribution in [2.75, 3.05) is 10.6 Å². The van der Waals surface area contributed by atoms with Crippen molar-refractivity contribution >= 4 is 23.3 Å². The van der Waals surface area contributed by atoms with Crippen LogP contribution in [-0.4, -0.2) is 26.8 Å². The smallest absolute Gasteiger partial charge is 0.255 e. The second-order valence-corrected chi connectivity index (χ2v) is 10.3. The summed E-state index contributed by atoms with van der Waals surface area (Å²) < 4.78 is 0. The molecule has 2 amide bonds. The number of rotatable bonds is 7.